The van der Waals surface area contributed by atoms with Gasteiger partial charge in [-0.25, -0.2) is 13.1 Å². The number of nitrogens with one attached hydrogen (secondary N) is 1. The predicted octanol–water partition coefficient (Wildman–Crippen LogP) is 0.0429. The molecule has 3 N–H and O–H groups in total. The van der Waals surface area contributed by atoms with Crippen LogP contribution in [0.25, 0.3) is 0 Å². The quantitative estimate of drug-likeness (QED) is 0.703. The molecule has 21 heavy (non-hydrogen) atoms. The fourth-order valence-corrected chi connectivity index (χ4v) is 4.00. The standard InChI is InChI=1S/C12H18N4O2S3/c13-12(19)11-2-1-10(9-14-11)21(17,18)15-3-4-16-5-7-20-8-6-16/h1-2,9,15H,3-8H2,(H2,13,19). The number of thiocarbonyl (C=S) groups is 1. The van der Waals surface area contributed by atoms with E-state index >= 15 is 0 Å². The average Bonchev–Trinajstić information content (AvgIpc) is 2.48. The van der Waals surface area contributed by atoms with Gasteiger partial charge in [0, 0.05) is 43.9 Å². The van der Waals surface area contributed by atoms with Gasteiger partial charge in [0.25, 0.3) is 0 Å². The maximum absolute atomic E-state index is 12.1. The lowest BCUT2D eigenvalue weighted by Gasteiger charge is -2.25. The van der Waals surface area contributed by atoms with Crippen LogP contribution in [0, 0.1) is 0 Å². The molecule has 1 aromatic heterocycles. The summed E-state index contributed by atoms with van der Waals surface area (Å²) in [6.07, 6.45) is 1.27. The predicted molar refractivity (Wildman–Crippen MR) is 89.1 cm³/mol. The number of hydrogen-bond acceptors (Lipinski definition) is 6. The molecule has 0 atom stereocenters. The minimum atomic E-state index is -3.53. The molecule has 116 valence electrons. The molecule has 1 fully saturated rings. The van der Waals surface area contributed by atoms with Crippen molar-refractivity contribution in [3.63, 3.8) is 0 Å². The maximum atomic E-state index is 12.1. The van der Waals surface area contributed by atoms with E-state index in [0.29, 0.717) is 12.2 Å². The van der Waals surface area contributed by atoms with Gasteiger partial charge in [0.15, 0.2) is 0 Å². The SMILES string of the molecule is NC(=S)c1ccc(S(=O)(=O)NCCN2CCSCC2)cn1. The number of nitrogens with two attached hydrogens (primary N) is 1. The fraction of sp³-hybridized carbons (Fsp3) is 0.500. The Morgan fingerprint density at radius 1 is 1.43 bits per heavy atom. The summed E-state index contributed by atoms with van der Waals surface area (Å²) in [6, 6.07) is 2.97. The van der Waals surface area contributed by atoms with Crippen molar-refractivity contribution in [3.05, 3.63) is 24.0 Å². The van der Waals surface area contributed by atoms with Crippen LogP contribution in [0.4, 0.5) is 0 Å². The van der Waals surface area contributed by atoms with Crippen LogP contribution in [-0.4, -0.2) is 61.0 Å². The zero-order chi connectivity index (χ0) is 15.3. The van der Waals surface area contributed by atoms with Gasteiger partial charge in [0.05, 0.1) is 5.69 Å². The summed E-state index contributed by atoms with van der Waals surface area (Å²) in [5.74, 6) is 2.22. The third kappa shape index (κ3) is 4.89. The molecule has 6 nitrogen and oxygen atoms in total. The molecular formula is C12H18N4O2S3. The first-order valence-electron chi connectivity index (χ1n) is 6.55. The first-order chi connectivity index (χ1) is 9.99. The molecule has 0 unspecified atom stereocenters. The van der Waals surface area contributed by atoms with Gasteiger partial charge in [-0.2, -0.15) is 11.8 Å². The third-order valence-electron chi connectivity index (χ3n) is 3.12. The molecule has 0 spiro atoms. The van der Waals surface area contributed by atoms with Gasteiger partial charge in [0.2, 0.25) is 10.0 Å². The lowest BCUT2D eigenvalue weighted by atomic mass is 10.3. The number of aromatic nitrogens is 1. The summed E-state index contributed by atoms with van der Waals surface area (Å²) in [5.41, 5.74) is 5.84. The Morgan fingerprint density at radius 2 is 2.14 bits per heavy atom. The number of pyridine rings is 1. The van der Waals surface area contributed by atoms with Crippen LogP contribution in [0.1, 0.15) is 5.69 Å². The average molecular weight is 347 g/mol. The summed E-state index contributed by atoms with van der Waals surface area (Å²) >= 11 is 6.71. The smallest absolute Gasteiger partial charge is 0.242 e. The zero-order valence-electron chi connectivity index (χ0n) is 11.5. The fourth-order valence-electron chi connectivity index (χ4n) is 1.93. The molecule has 2 heterocycles. The van der Waals surface area contributed by atoms with E-state index in [1.165, 1.54) is 18.3 Å². The van der Waals surface area contributed by atoms with Gasteiger partial charge in [0.1, 0.15) is 9.88 Å². The van der Waals surface area contributed by atoms with E-state index in [-0.39, 0.29) is 9.88 Å². The van der Waals surface area contributed by atoms with Crippen molar-refractivity contribution < 1.29 is 8.42 Å². The van der Waals surface area contributed by atoms with Crippen LogP contribution in [0.5, 0.6) is 0 Å². The lowest BCUT2D eigenvalue weighted by molar-refractivity contribution is 0.307. The number of hydrogen-bond donors (Lipinski definition) is 2. The van der Waals surface area contributed by atoms with Crippen LogP contribution in [0.2, 0.25) is 0 Å². The second-order valence-corrected chi connectivity index (χ2v) is 8.03. The first-order valence-corrected chi connectivity index (χ1v) is 9.59. The van der Waals surface area contributed by atoms with Gasteiger partial charge in [-0.3, -0.25) is 4.98 Å². The molecule has 9 heteroatoms. The number of nitrogens with zero attached hydrogens (tertiary/aromatic N) is 2. The molecule has 0 aromatic carbocycles. The summed E-state index contributed by atoms with van der Waals surface area (Å²) in [4.78, 5) is 6.47. The van der Waals surface area contributed by atoms with Gasteiger partial charge in [-0.1, -0.05) is 12.2 Å². The Hall–Kier alpha value is -0.740. The molecule has 1 aliphatic rings. The van der Waals surface area contributed by atoms with Gasteiger partial charge in [-0.05, 0) is 12.1 Å². The number of thioether (sulfide) groups is 1. The number of sulfonamides is 1. The van der Waals surface area contributed by atoms with E-state index in [2.05, 4.69) is 14.6 Å². The Bertz CT molecular complexity index is 583. The molecule has 0 aliphatic carbocycles. The molecular weight excluding hydrogens is 328 g/mol. The summed E-state index contributed by atoms with van der Waals surface area (Å²) in [6.45, 7) is 3.13. The molecule has 1 aromatic rings. The van der Waals surface area contributed by atoms with Crippen molar-refractivity contribution >= 4 is 39.0 Å². The van der Waals surface area contributed by atoms with E-state index in [1.54, 1.807) is 0 Å². The summed E-state index contributed by atoms with van der Waals surface area (Å²) < 4.78 is 26.8. The van der Waals surface area contributed by atoms with Gasteiger partial charge < -0.3 is 10.6 Å². The van der Waals surface area contributed by atoms with Gasteiger partial charge >= 0.3 is 0 Å². The third-order valence-corrected chi connectivity index (χ3v) is 5.72. The normalized spacial score (nSPS) is 16.8. The Labute approximate surface area is 134 Å². The second-order valence-electron chi connectivity index (χ2n) is 4.60. The molecule has 0 bridgehead atoms. The van der Waals surface area contributed by atoms with E-state index in [9.17, 15) is 8.42 Å². The van der Waals surface area contributed by atoms with Crippen molar-refractivity contribution in [1.82, 2.24) is 14.6 Å². The van der Waals surface area contributed by atoms with Crippen molar-refractivity contribution in [1.29, 1.82) is 0 Å². The highest BCUT2D eigenvalue weighted by Crippen LogP contribution is 2.09. The second kappa shape index (κ2) is 7.50. The van der Waals surface area contributed by atoms with Crippen molar-refractivity contribution in [2.45, 2.75) is 4.90 Å². The van der Waals surface area contributed by atoms with E-state index in [0.717, 1.165) is 31.1 Å². The maximum Gasteiger partial charge on any atom is 0.242 e. The molecule has 0 amide bonds. The number of rotatable bonds is 6. The van der Waals surface area contributed by atoms with Crippen molar-refractivity contribution in [2.75, 3.05) is 37.7 Å². The van der Waals surface area contributed by atoms with Crippen LogP contribution >= 0.6 is 24.0 Å². The Morgan fingerprint density at radius 3 is 2.71 bits per heavy atom. The molecule has 1 aliphatic heterocycles. The highest BCUT2D eigenvalue weighted by atomic mass is 32.2. The van der Waals surface area contributed by atoms with E-state index in [4.69, 9.17) is 18.0 Å². The van der Waals surface area contributed by atoms with E-state index < -0.39 is 10.0 Å². The minimum absolute atomic E-state index is 0.122. The largest absolute Gasteiger partial charge is 0.388 e. The van der Waals surface area contributed by atoms with Crippen molar-refractivity contribution in [3.8, 4) is 0 Å². The monoisotopic (exact) mass is 346 g/mol. The minimum Gasteiger partial charge on any atom is -0.388 e. The summed E-state index contributed by atoms with van der Waals surface area (Å²) in [5, 5.41) is 0. The van der Waals surface area contributed by atoms with Gasteiger partial charge in [-0.15, -0.1) is 0 Å². The zero-order valence-corrected chi connectivity index (χ0v) is 13.9. The lowest BCUT2D eigenvalue weighted by Crippen LogP contribution is -2.39. The summed E-state index contributed by atoms with van der Waals surface area (Å²) in [7, 11) is -3.53. The Balaban J connectivity index is 1.90. The molecule has 1 saturated heterocycles. The molecule has 2 rings (SSSR count). The highest BCUT2D eigenvalue weighted by Gasteiger charge is 2.16. The highest BCUT2D eigenvalue weighted by molar-refractivity contribution is 7.99. The van der Waals surface area contributed by atoms with Crippen LogP contribution in [0.15, 0.2) is 23.2 Å². The van der Waals surface area contributed by atoms with Crippen molar-refractivity contribution in [2.24, 2.45) is 5.73 Å². The first kappa shape index (κ1) is 16.6. The van der Waals surface area contributed by atoms with Crippen LogP contribution in [0.3, 0.4) is 0 Å². The molecule has 0 radical (unpaired) electrons. The van der Waals surface area contributed by atoms with Crippen LogP contribution < -0.4 is 10.5 Å². The topological polar surface area (TPSA) is 88.3 Å². The van der Waals surface area contributed by atoms with Crippen LogP contribution in [-0.2, 0) is 10.0 Å². The molecule has 0 saturated carbocycles. The Kier molecular flexibility index (Phi) is 5.94. The van der Waals surface area contributed by atoms with E-state index in [1.807, 2.05) is 11.8 Å².